The molecule has 2 heterocycles. The molecular weight excluding hydrogens is 310 g/mol. The van der Waals surface area contributed by atoms with Gasteiger partial charge < -0.3 is 5.32 Å². The molecule has 1 aromatic carbocycles. The summed E-state index contributed by atoms with van der Waals surface area (Å²) in [7, 11) is 0. The normalized spacial score (nSPS) is 12.5. The summed E-state index contributed by atoms with van der Waals surface area (Å²) in [5.41, 5.74) is 3.51. The first kappa shape index (κ1) is 15.7. The SMILES string of the molecule is Cc1cccn2c(=O)cc(CN[C@H](C)c3ccc(Cl)cc3)nc12. The van der Waals surface area contributed by atoms with E-state index in [1.165, 1.54) is 0 Å². The van der Waals surface area contributed by atoms with E-state index in [4.69, 9.17) is 11.6 Å². The number of benzene rings is 1. The number of fused-ring (bicyclic) bond motifs is 1. The second-order valence-corrected chi connectivity index (χ2v) is 6.06. The standard InChI is InChI=1S/C18H18ClN3O/c1-12-4-3-9-22-17(23)10-16(21-18(12)22)11-20-13(2)14-5-7-15(19)8-6-14/h3-10,13,20H,11H2,1-2H3/t13-/m1/s1. The predicted molar refractivity (Wildman–Crippen MR) is 92.9 cm³/mol. The zero-order chi connectivity index (χ0) is 16.4. The van der Waals surface area contributed by atoms with Crippen LogP contribution >= 0.6 is 11.6 Å². The van der Waals surface area contributed by atoms with Gasteiger partial charge in [-0.1, -0.05) is 29.8 Å². The first-order valence-electron chi connectivity index (χ1n) is 7.51. The number of pyridine rings is 1. The molecule has 0 unspecified atom stereocenters. The van der Waals surface area contributed by atoms with Crippen molar-refractivity contribution in [2.45, 2.75) is 26.4 Å². The van der Waals surface area contributed by atoms with Crippen LogP contribution in [-0.4, -0.2) is 9.38 Å². The summed E-state index contributed by atoms with van der Waals surface area (Å²) in [5.74, 6) is 0. The van der Waals surface area contributed by atoms with E-state index >= 15 is 0 Å². The van der Waals surface area contributed by atoms with Crippen molar-refractivity contribution in [3.63, 3.8) is 0 Å². The summed E-state index contributed by atoms with van der Waals surface area (Å²) >= 11 is 5.91. The fourth-order valence-corrected chi connectivity index (χ4v) is 2.65. The van der Waals surface area contributed by atoms with E-state index in [0.717, 1.165) is 21.8 Å². The van der Waals surface area contributed by atoms with E-state index in [0.29, 0.717) is 12.2 Å². The molecule has 0 bridgehead atoms. The summed E-state index contributed by atoms with van der Waals surface area (Å²) < 4.78 is 1.57. The fourth-order valence-electron chi connectivity index (χ4n) is 2.53. The van der Waals surface area contributed by atoms with Crippen molar-refractivity contribution in [1.82, 2.24) is 14.7 Å². The Hall–Kier alpha value is -2.17. The molecule has 0 amide bonds. The highest BCUT2D eigenvalue weighted by molar-refractivity contribution is 6.30. The average Bonchev–Trinajstić information content (AvgIpc) is 2.54. The summed E-state index contributed by atoms with van der Waals surface area (Å²) in [6, 6.07) is 13.3. The van der Waals surface area contributed by atoms with Gasteiger partial charge >= 0.3 is 0 Å². The van der Waals surface area contributed by atoms with Crippen LogP contribution in [0.25, 0.3) is 5.65 Å². The highest BCUT2D eigenvalue weighted by Crippen LogP contribution is 2.16. The molecule has 23 heavy (non-hydrogen) atoms. The van der Waals surface area contributed by atoms with Crippen LogP contribution in [0, 0.1) is 6.92 Å². The number of halogens is 1. The third kappa shape index (κ3) is 3.44. The molecule has 0 radical (unpaired) electrons. The zero-order valence-corrected chi connectivity index (χ0v) is 13.8. The van der Waals surface area contributed by atoms with E-state index in [2.05, 4.69) is 17.2 Å². The van der Waals surface area contributed by atoms with Gasteiger partial charge in [0.25, 0.3) is 5.56 Å². The molecule has 0 fully saturated rings. The number of hydrogen-bond acceptors (Lipinski definition) is 3. The summed E-state index contributed by atoms with van der Waals surface area (Å²) in [4.78, 5) is 16.8. The summed E-state index contributed by atoms with van der Waals surface area (Å²) in [6.45, 7) is 4.56. The second kappa shape index (κ2) is 6.52. The van der Waals surface area contributed by atoms with Gasteiger partial charge in [0.15, 0.2) is 0 Å². The molecular formula is C18H18ClN3O. The maximum Gasteiger partial charge on any atom is 0.258 e. The number of aryl methyl sites for hydroxylation is 1. The lowest BCUT2D eigenvalue weighted by Crippen LogP contribution is -2.22. The molecule has 0 saturated carbocycles. The van der Waals surface area contributed by atoms with Crippen molar-refractivity contribution in [1.29, 1.82) is 0 Å². The van der Waals surface area contributed by atoms with Gasteiger partial charge in [0, 0.05) is 29.9 Å². The minimum atomic E-state index is -0.0605. The Balaban J connectivity index is 1.80. The molecule has 3 aromatic rings. The Morgan fingerprint density at radius 1 is 1.26 bits per heavy atom. The van der Waals surface area contributed by atoms with Crippen LogP contribution in [0.2, 0.25) is 5.02 Å². The molecule has 1 atom stereocenters. The smallest absolute Gasteiger partial charge is 0.258 e. The van der Waals surface area contributed by atoms with Gasteiger partial charge in [0.05, 0.1) is 5.69 Å². The van der Waals surface area contributed by atoms with Crippen molar-refractivity contribution >= 4 is 17.2 Å². The Kier molecular flexibility index (Phi) is 4.46. The Bertz CT molecular complexity index is 887. The maximum atomic E-state index is 12.2. The van der Waals surface area contributed by atoms with Crippen LogP contribution in [0.4, 0.5) is 0 Å². The second-order valence-electron chi connectivity index (χ2n) is 5.62. The molecule has 5 heteroatoms. The van der Waals surface area contributed by atoms with Gasteiger partial charge in [-0.25, -0.2) is 4.98 Å². The van der Waals surface area contributed by atoms with Gasteiger partial charge in [0.1, 0.15) is 5.65 Å². The Labute approximate surface area is 139 Å². The fraction of sp³-hybridized carbons (Fsp3) is 0.222. The van der Waals surface area contributed by atoms with Gasteiger partial charge in [-0.15, -0.1) is 0 Å². The van der Waals surface area contributed by atoms with E-state index in [-0.39, 0.29) is 11.6 Å². The largest absolute Gasteiger partial charge is 0.305 e. The number of hydrogen-bond donors (Lipinski definition) is 1. The molecule has 3 rings (SSSR count). The van der Waals surface area contributed by atoms with Crippen molar-refractivity contribution in [3.05, 3.63) is 80.9 Å². The molecule has 2 aromatic heterocycles. The van der Waals surface area contributed by atoms with Crippen LogP contribution in [0.1, 0.15) is 29.8 Å². The first-order chi connectivity index (χ1) is 11.0. The highest BCUT2D eigenvalue weighted by Gasteiger charge is 2.08. The molecule has 0 aliphatic carbocycles. The number of rotatable bonds is 4. The highest BCUT2D eigenvalue weighted by atomic mass is 35.5. The summed E-state index contributed by atoms with van der Waals surface area (Å²) in [6.07, 6.45) is 1.74. The molecule has 4 nitrogen and oxygen atoms in total. The topological polar surface area (TPSA) is 46.4 Å². The quantitative estimate of drug-likeness (QED) is 0.797. The Morgan fingerprint density at radius 3 is 2.74 bits per heavy atom. The van der Waals surface area contributed by atoms with E-state index in [9.17, 15) is 4.79 Å². The Morgan fingerprint density at radius 2 is 2.00 bits per heavy atom. The van der Waals surface area contributed by atoms with E-state index in [1.807, 2.05) is 43.3 Å². The molecule has 1 N–H and O–H groups in total. The van der Waals surface area contributed by atoms with Gasteiger partial charge in [-0.2, -0.15) is 0 Å². The molecule has 0 saturated heterocycles. The molecule has 0 spiro atoms. The number of nitrogens with zero attached hydrogens (tertiary/aromatic N) is 2. The van der Waals surface area contributed by atoms with Gasteiger partial charge in [-0.05, 0) is 43.2 Å². The van der Waals surface area contributed by atoms with Crippen LogP contribution in [0.3, 0.4) is 0 Å². The molecule has 0 aliphatic heterocycles. The lowest BCUT2D eigenvalue weighted by Gasteiger charge is -2.14. The molecule has 0 aliphatic rings. The number of aromatic nitrogens is 2. The minimum Gasteiger partial charge on any atom is -0.305 e. The first-order valence-corrected chi connectivity index (χ1v) is 7.89. The van der Waals surface area contributed by atoms with Gasteiger partial charge in [0.2, 0.25) is 0 Å². The number of nitrogens with one attached hydrogen (secondary N) is 1. The third-order valence-electron chi connectivity index (χ3n) is 3.90. The van der Waals surface area contributed by atoms with Crippen molar-refractivity contribution in [3.8, 4) is 0 Å². The minimum absolute atomic E-state index is 0.0605. The third-order valence-corrected chi connectivity index (χ3v) is 4.15. The molecule has 118 valence electrons. The maximum absolute atomic E-state index is 12.2. The van der Waals surface area contributed by atoms with Crippen LogP contribution in [-0.2, 0) is 6.54 Å². The van der Waals surface area contributed by atoms with Crippen molar-refractivity contribution < 1.29 is 0 Å². The average molecular weight is 328 g/mol. The lowest BCUT2D eigenvalue weighted by molar-refractivity contribution is 0.567. The van der Waals surface area contributed by atoms with Crippen molar-refractivity contribution in [2.75, 3.05) is 0 Å². The van der Waals surface area contributed by atoms with Crippen LogP contribution < -0.4 is 10.9 Å². The van der Waals surface area contributed by atoms with E-state index in [1.54, 1.807) is 16.7 Å². The zero-order valence-electron chi connectivity index (χ0n) is 13.1. The summed E-state index contributed by atoms with van der Waals surface area (Å²) in [5, 5.41) is 4.12. The van der Waals surface area contributed by atoms with Crippen LogP contribution in [0.15, 0.2) is 53.5 Å². The van der Waals surface area contributed by atoms with Crippen LogP contribution in [0.5, 0.6) is 0 Å². The van der Waals surface area contributed by atoms with Crippen molar-refractivity contribution in [2.24, 2.45) is 0 Å². The predicted octanol–water partition coefficient (Wildman–Crippen LogP) is 3.51. The van der Waals surface area contributed by atoms with E-state index < -0.39 is 0 Å². The monoisotopic (exact) mass is 327 g/mol. The lowest BCUT2D eigenvalue weighted by atomic mass is 10.1. The van der Waals surface area contributed by atoms with Gasteiger partial charge in [-0.3, -0.25) is 9.20 Å².